The minimum atomic E-state index is -0.410. The summed E-state index contributed by atoms with van der Waals surface area (Å²) < 4.78 is 0. The van der Waals surface area contributed by atoms with Crippen LogP contribution in [-0.4, -0.2) is 11.7 Å². The minimum absolute atomic E-state index is 0.0595. The molecule has 0 heterocycles. The number of ketones is 1. The van der Waals surface area contributed by atoms with Crippen LogP contribution in [0.25, 0.3) is 0 Å². The number of carbonyl (C=O) groups is 2. The van der Waals surface area contributed by atoms with Gasteiger partial charge in [-0.25, -0.2) is 0 Å². The first-order valence-electron chi connectivity index (χ1n) is 8.73. The third-order valence-corrected chi connectivity index (χ3v) is 5.01. The van der Waals surface area contributed by atoms with Crippen molar-refractivity contribution in [1.82, 2.24) is 0 Å². The van der Waals surface area contributed by atoms with Gasteiger partial charge in [0, 0.05) is 21.8 Å². The molecular weight excluding hydrogens is 358 g/mol. The maximum absolute atomic E-state index is 12.7. The van der Waals surface area contributed by atoms with Gasteiger partial charge in [-0.1, -0.05) is 66.2 Å². The van der Waals surface area contributed by atoms with E-state index in [1.807, 2.05) is 44.2 Å². The van der Waals surface area contributed by atoms with Crippen molar-refractivity contribution in [2.24, 2.45) is 0 Å². The molecule has 0 bridgehead atoms. The van der Waals surface area contributed by atoms with E-state index in [4.69, 9.17) is 11.6 Å². The van der Waals surface area contributed by atoms with Crippen molar-refractivity contribution >= 4 is 29.0 Å². The second-order valence-corrected chi connectivity index (χ2v) is 6.85. The number of hydrogen-bond donors (Lipinski definition) is 1. The molecule has 1 atom stereocenters. The average Bonchev–Trinajstić information content (AvgIpc) is 2.71. The summed E-state index contributed by atoms with van der Waals surface area (Å²) >= 11 is 6.12. The first kappa shape index (κ1) is 18.9. The Kier molecular flexibility index (Phi) is 5.72. The molecule has 3 aromatic rings. The monoisotopic (exact) mass is 377 g/mol. The molecule has 0 unspecified atom stereocenters. The lowest BCUT2D eigenvalue weighted by Crippen LogP contribution is -2.19. The number of halogens is 1. The zero-order valence-corrected chi connectivity index (χ0v) is 16.0. The second kappa shape index (κ2) is 8.19. The van der Waals surface area contributed by atoms with Gasteiger partial charge in [0.1, 0.15) is 0 Å². The van der Waals surface area contributed by atoms with E-state index in [0.717, 1.165) is 11.1 Å². The normalized spacial score (nSPS) is 11.7. The van der Waals surface area contributed by atoms with Crippen LogP contribution in [-0.2, 0) is 4.79 Å². The fourth-order valence-electron chi connectivity index (χ4n) is 2.84. The van der Waals surface area contributed by atoms with Gasteiger partial charge in [-0.15, -0.1) is 0 Å². The third-order valence-electron chi connectivity index (χ3n) is 4.60. The van der Waals surface area contributed by atoms with Crippen LogP contribution in [0.5, 0.6) is 0 Å². The Morgan fingerprint density at radius 3 is 2.30 bits per heavy atom. The van der Waals surface area contributed by atoms with Gasteiger partial charge < -0.3 is 5.32 Å². The molecule has 3 aromatic carbocycles. The van der Waals surface area contributed by atoms with Crippen LogP contribution < -0.4 is 5.32 Å². The lowest BCUT2D eigenvalue weighted by molar-refractivity contribution is -0.117. The summed E-state index contributed by atoms with van der Waals surface area (Å²) in [5, 5.41) is 3.53. The van der Waals surface area contributed by atoms with E-state index in [0.29, 0.717) is 21.8 Å². The van der Waals surface area contributed by atoms with Crippen LogP contribution in [0.1, 0.15) is 39.9 Å². The summed E-state index contributed by atoms with van der Waals surface area (Å²) in [4.78, 5) is 25.3. The molecule has 0 fully saturated rings. The van der Waals surface area contributed by atoms with E-state index in [9.17, 15) is 9.59 Å². The highest BCUT2D eigenvalue weighted by molar-refractivity contribution is 6.31. The number of carbonyl (C=O) groups excluding carboxylic acids is 2. The number of benzene rings is 3. The highest BCUT2D eigenvalue weighted by Crippen LogP contribution is 2.25. The topological polar surface area (TPSA) is 46.2 Å². The van der Waals surface area contributed by atoms with Crippen LogP contribution in [0.2, 0.25) is 5.02 Å². The molecule has 0 radical (unpaired) electrons. The van der Waals surface area contributed by atoms with E-state index in [-0.39, 0.29) is 11.7 Å². The Hall–Kier alpha value is -2.91. The van der Waals surface area contributed by atoms with Gasteiger partial charge in [0.2, 0.25) is 5.91 Å². The summed E-state index contributed by atoms with van der Waals surface area (Å²) in [7, 11) is 0. The molecule has 0 spiro atoms. The Balaban J connectivity index is 1.81. The first-order chi connectivity index (χ1) is 13.0. The average molecular weight is 378 g/mol. The Morgan fingerprint density at radius 2 is 1.56 bits per heavy atom. The predicted molar refractivity (Wildman–Crippen MR) is 110 cm³/mol. The molecule has 0 aliphatic carbocycles. The molecule has 0 saturated carbocycles. The van der Waals surface area contributed by atoms with E-state index < -0.39 is 5.92 Å². The third kappa shape index (κ3) is 4.26. The van der Waals surface area contributed by atoms with E-state index >= 15 is 0 Å². The number of anilines is 1. The van der Waals surface area contributed by atoms with Crippen LogP contribution in [0.15, 0.2) is 72.8 Å². The molecular formula is C23H20ClNO2. The summed E-state index contributed by atoms with van der Waals surface area (Å²) in [5.41, 5.74) is 3.50. The van der Waals surface area contributed by atoms with Crippen molar-refractivity contribution in [1.29, 1.82) is 0 Å². The summed E-state index contributed by atoms with van der Waals surface area (Å²) in [6, 6.07) is 21.7. The molecule has 1 N–H and O–H groups in total. The second-order valence-electron chi connectivity index (χ2n) is 6.44. The van der Waals surface area contributed by atoms with Gasteiger partial charge in [0.05, 0.1) is 5.92 Å². The Morgan fingerprint density at radius 1 is 0.889 bits per heavy atom. The van der Waals surface area contributed by atoms with Gasteiger partial charge in [-0.05, 0) is 43.2 Å². The van der Waals surface area contributed by atoms with Gasteiger partial charge >= 0.3 is 0 Å². The number of nitrogens with one attached hydrogen (secondary N) is 1. The Labute approximate surface area is 164 Å². The number of hydrogen-bond acceptors (Lipinski definition) is 2. The van der Waals surface area contributed by atoms with Crippen molar-refractivity contribution in [3.63, 3.8) is 0 Å². The summed E-state index contributed by atoms with van der Waals surface area (Å²) in [5.74, 6) is -0.618. The largest absolute Gasteiger partial charge is 0.325 e. The maximum atomic E-state index is 12.7. The van der Waals surface area contributed by atoms with Gasteiger partial charge in [0.25, 0.3) is 0 Å². The molecule has 1 amide bonds. The number of amides is 1. The fraction of sp³-hybridized carbons (Fsp3) is 0.130. The molecule has 0 aliphatic heterocycles. The van der Waals surface area contributed by atoms with Crippen LogP contribution in [0, 0.1) is 6.92 Å². The standard InChI is InChI=1S/C23H20ClNO2/c1-15(23(27)25-21-13-7-12-20(24)16(21)2)18-10-6-11-19(14-18)22(26)17-8-4-3-5-9-17/h3-15H,1-2H3,(H,25,27)/t15-/m1/s1. The van der Waals surface area contributed by atoms with Crippen molar-refractivity contribution in [3.05, 3.63) is 100 Å². The maximum Gasteiger partial charge on any atom is 0.231 e. The first-order valence-corrected chi connectivity index (χ1v) is 9.11. The Bertz CT molecular complexity index is 983. The smallest absolute Gasteiger partial charge is 0.231 e. The molecule has 27 heavy (non-hydrogen) atoms. The number of rotatable bonds is 5. The van der Waals surface area contributed by atoms with Crippen LogP contribution in [0.4, 0.5) is 5.69 Å². The molecule has 0 aliphatic rings. The SMILES string of the molecule is Cc1c(Cl)cccc1NC(=O)[C@H](C)c1cccc(C(=O)c2ccccc2)c1. The zero-order valence-electron chi connectivity index (χ0n) is 15.2. The lowest BCUT2D eigenvalue weighted by atomic mass is 9.95. The summed E-state index contributed by atoms with van der Waals surface area (Å²) in [6.45, 7) is 3.68. The molecule has 0 saturated heterocycles. The molecule has 3 rings (SSSR count). The molecule has 3 nitrogen and oxygen atoms in total. The van der Waals surface area contributed by atoms with Crippen molar-refractivity contribution in [2.45, 2.75) is 19.8 Å². The zero-order chi connectivity index (χ0) is 19.4. The lowest BCUT2D eigenvalue weighted by Gasteiger charge is -2.15. The quantitative estimate of drug-likeness (QED) is 0.586. The van der Waals surface area contributed by atoms with Crippen LogP contribution >= 0.6 is 11.6 Å². The highest BCUT2D eigenvalue weighted by Gasteiger charge is 2.18. The fourth-order valence-corrected chi connectivity index (χ4v) is 3.02. The predicted octanol–water partition coefficient (Wildman–Crippen LogP) is 5.62. The minimum Gasteiger partial charge on any atom is -0.325 e. The molecule has 136 valence electrons. The van der Waals surface area contributed by atoms with Crippen LogP contribution in [0.3, 0.4) is 0 Å². The van der Waals surface area contributed by atoms with Gasteiger partial charge in [-0.3, -0.25) is 9.59 Å². The van der Waals surface area contributed by atoms with Crippen molar-refractivity contribution in [3.8, 4) is 0 Å². The van der Waals surface area contributed by atoms with E-state index in [2.05, 4.69) is 5.32 Å². The summed E-state index contributed by atoms with van der Waals surface area (Å²) in [6.07, 6.45) is 0. The van der Waals surface area contributed by atoms with Gasteiger partial charge in [-0.2, -0.15) is 0 Å². The molecule has 0 aromatic heterocycles. The van der Waals surface area contributed by atoms with Crippen molar-refractivity contribution in [2.75, 3.05) is 5.32 Å². The van der Waals surface area contributed by atoms with E-state index in [1.54, 1.807) is 42.5 Å². The highest BCUT2D eigenvalue weighted by atomic mass is 35.5. The van der Waals surface area contributed by atoms with E-state index in [1.165, 1.54) is 0 Å². The molecule has 4 heteroatoms. The van der Waals surface area contributed by atoms with Gasteiger partial charge in [0.15, 0.2) is 5.78 Å². The van der Waals surface area contributed by atoms with Crippen molar-refractivity contribution < 1.29 is 9.59 Å².